The molecule has 4 rings (SSSR count). The Kier molecular flexibility index (Phi) is 5.56. The van der Waals surface area contributed by atoms with Gasteiger partial charge in [0.2, 0.25) is 0 Å². The molecular formula is C23H19Cl2NO2. The van der Waals surface area contributed by atoms with Gasteiger partial charge in [-0.05, 0) is 53.4 Å². The van der Waals surface area contributed by atoms with E-state index in [0.29, 0.717) is 34.5 Å². The number of nitrogens with zero attached hydrogens (tertiary/aromatic N) is 1. The van der Waals surface area contributed by atoms with Crippen LogP contribution < -0.4 is 4.74 Å². The average Bonchev–Trinajstić information content (AvgIpc) is 2.74. The Hall–Kier alpha value is -2.49. The molecule has 3 nitrogen and oxygen atoms in total. The van der Waals surface area contributed by atoms with Crippen molar-refractivity contribution in [2.75, 3.05) is 6.54 Å². The van der Waals surface area contributed by atoms with Crippen LogP contribution in [0.4, 0.5) is 0 Å². The molecule has 5 heteroatoms. The maximum atomic E-state index is 13.0. The third-order valence-electron chi connectivity index (χ3n) is 4.89. The van der Waals surface area contributed by atoms with E-state index < -0.39 is 0 Å². The summed E-state index contributed by atoms with van der Waals surface area (Å²) in [6.07, 6.45) is 0.884. The first-order valence-electron chi connectivity index (χ1n) is 9.13. The fourth-order valence-corrected chi connectivity index (χ4v) is 3.69. The molecule has 0 bridgehead atoms. The summed E-state index contributed by atoms with van der Waals surface area (Å²) in [6.45, 7) is 1.72. The molecule has 1 aliphatic heterocycles. The van der Waals surface area contributed by atoms with Crippen molar-refractivity contribution in [1.29, 1.82) is 0 Å². The van der Waals surface area contributed by atoms with Crippen LogP contribution in [0.2, 0.25) is 10.0 Å². The van der Waals surface area contributed by atoms with E-state index in [0.717, 1.165) is 18.5 Å². The summed E-state index contributed by atoms with van der Waals surface area (Å²) in [7, 11) is 0. The number of carbonyl (C=O) groups excluding carboxylic acids is 1. The summed E-state index contributed by atoms with van der Waals surface area (Å²) in [4.78, 5) is 14.8. The molecule has 0 saturated carbocycles. The maximum Gasteiger partial charge on any atom is 0.254 e. The Morgan fingerprint density at radius 3 is 2.57 bits per heavy atom. The Labute approximate surface area is 174 Å². The largest absolute Gasteiger partial charge is 0.489 e. The van der Waals surface area contributed by atoms with E-state index in [1.165, 1.54) is 11.1 Å². The lowest BCUT2D eigenvalue weighted by Crippen LogP contribution is -2.35. The highest BCUT2D eigenvalue weighted by Crippen LogP contribution is 2.25. The number of rotatable bonds is 4. The van der Waals surface area contributed by atoms with Gasteiger partial charge in [-0.2, -0.15) is 0 Å². The predicted octanol–water partition coefficient (Wildman–Crippen LogP) is 5.77. The quantitative estimate of drug-likeness (QED) is 0.545. The number of amides is 1. The van der Waals surface area contributed by atoms with Crippen LogP contribution in [0, 0.1) is 0 Å². The van der Waals surface area contributed by atoms with E-state index in [1.54, 1.807) is 18.2 Å². The molecule has 0 aromatic heterocycles. The number of benzene rings is 3. The minimum Gasteiger partial charge on any atom is -0.489 e. The topological polar surface area (TPSA) is 29.5 Å². The van der Waals surface area contributed by atoms with Crippen LogP contribution in [-0.4, -0.2) is 17.4 Å². The van der Waals surface area contributed by atoms with Gasteiger partial charge in [0.05, 0.1) is 10.0 Å². The number of fused-ring (bicyclic) bond motifs is 1. The molecule has 0 atom stereocenters. The first-order chi connectivity index (χ1) is 13.6. The van der Waals surface area contributed by atoms with Gasteiger partial charge in [-0.3, -0.25) is 4.79 Å². The van der Waals surface area contributed by atoms with Crippen molar-refractivity contribution < 1.29 is 9.53 Å². The summed E-state index contributed by atoms with van der Waals surface area (Å²) < 4.78 is 5.85. The summed E-state index contributed by atoms with van der Waals surface area (Å²) in [5, 5.41) is 1.01. The van der Waals surface area contributed by atoms with Crippen molar-refractivity contribution in [2.45, 2.75) is 19.6 Å². The van der Waals surface area contributed by atoms with Crippen molar-refractivity contribution in [3.8, 4) is 5.75 Å². The van der Waals surface area contributed by atoms with E-state index in [-0.39, 0.29) is 5.91 Å². The van der Waals surface area contributed by atoms with Crippen molar-refractivity contribution in [2.24, 2.45) is 0 Å². The Balaban J connectivity index is 1.44. The van der Waals surface area contributed by atoms with Gasteiger partial charge in [0.15, 0.2) is 0 Å². The number of ether oxygens (including phenoxy) is 1. The second-order valence-electron chi connectivity index (χ2n) is 6.81. The highest BCUT2D eigenvalue weighted by Gasteiger charge is 2.21. The van der Waals surface area contributed by atoms with Crippen LogP contribution in [0.15, 0.2) is 66.7 Å². The number of hydrogen-bond acceptors (Lipinski definition) is 2. The lowest BCUT2D eigenvalue weighted by atomic mass is 9.99. The van der Waals surface area contributed by atoms with E-state index in [4.69, 9.17) is 27.9 Å². The first-order valence-corrected chi connectivity index (χ1v) is 9.88. The molecule has 0 unspecified atom stereocenters. The van der Waals surface area contributed by atoms with Gasteiger partial charge in [0.25, 0.3) is 5.91 Å². The molecule has 0 spiro atoms. The van der Waals surface area contributed by atoms with Crippen LogP contribution in [0.1, 0.15) is 27.0 Å². The van der Waals surface area contributed by atoms with Gasteiger partial charge in [0, 0.05) is 18.7 Å². The van der Waals surface area contributed by atoms with Gasteiger partial charge < -0.3 is 9.64 Å². The van der Waals surface area contributed by atoms with Crippen LogP contribution in [-0.2, 0) is 19.6 Å². The molecule has 0 N–H and O–H groups in total. The molecule has 1 aliphatic rings. The van der Waals surface area contributed by atoms with Crippen LogP contribution >= 0.6 is 23.2 Å². The van der Waals surface area contributed by atoms with E-state index >= 15 is 0 Å². The standard InChI is InChI=1S/C23H19Cl2NO2/c24-21-9-8-16(12-22(21)25)15-28-20-7-3-6-18(13-20)23(27)26-11-10-17-4-1-2-5-19(17)14-26/h1-9,12-13H,10-11,14-15H2. The van der Waals surface area contributed by atoms with Gasteiger partial charge in [-0.25, -0.2) is 0 Å². The molecule has 0 fully saturated rings. The zero-order chi connectivity index (χ0) is 19.5. The zero-order valence-corrected chi connectivity index (χ0v) is 16.7. The minimum absolute atomic E-state index is 0.0227. The number of halogens is 2. The van der Waals surface area contributed by atoms with Crippen LogP contribution in [0.5, 0.6) is 5.75 Å². The lowest BCUT2D eigenvalue weighted by Gasteiger charge is -2.29. The van der Waals surface area contributed by atoms with E-state index in [1.807, 2.05) is 41.3 Å². The highest BCUT2D eigenvalue weighted by molar-refractivity contribution is 6.42. The molecule has 28 heavy (non-hydrogen) atoms. The van der Waals surface area contributed by atoms with Gasteiger partial charge in [0.1, 0.15) is 12.4 Å². The fraction of sp³-hybridized carbons (Fsp3) is 0.174. The molecule has 3 aromatic rings. The maximum absolute atomic E-state index is 13.0. The second kappa shape index (κ2) is 8.26. The van der Waals surface area contributed by atoms with E-state index in [9.17, 15) is 4.79 Å². The van der Waals surface area contributed by atoms with Crippen molar-refractivity contribution in [3.05, 3.63) is 99.0 Å². The van der Waals surface area contributed by atoms with Crippen LogP contribution in [0.25, 0.3) is 0 Å². The smallest absolute Gasteiger partial charge is 0.254 e. The molecule has 1 amide bonds. The van der Waals surface area contributed by atoms with Crippen LogP contribution in [0.3, 0.4) is 0 Å². The summed E-state index contributed by atoms with van der Waals surface area (Å²) >= 11 is 12.0. The monoisotopic (exact) mass is 411 g/mol. The Morgan fingerprint density at radius 2 is 1.75 bits per heavy atom. The lowest BCUT2D eigenvalue weighted by molar-refractivity contribution is 0.0734. The Morgan fingerprint density at radius 1 is 0.929 bits per heavy atom. The van der Waals surface area contributed by atoms with Crippen molar-refractivity contribution in [1.82, 2.24) is 4.90 Å². The van der Waals surface area contributed by atoms with E-state index in [2.05, 4.69) is 12.1 Å². The fourth-order valence-electron chi connectivity index (χ4n) is 3.37. The third-order valence-corrected chi connectivity index (χ3v) is 5.63. The molecule has 0 aliphatic carbocycles. The normalized spacial score (nSPS) is 13.1. The van der Waals surface area contributed by atoms with Crippen molar-refractivity contribution in [3.63, 3.8) is 0 Å². The first kappa shape index (κ1) is 18.9. The molecule has 142 valence electrons. The molecule has 3 aromatic carbocycles. The summed E-state index contributed by atoms with van der Waals surface area (Å²) in [5.41, 5.74) is 4.09. The zero-order valence-electron chi connectivity index (χ0n) is 15.2. The van der Waals surface area contributed by atoms with Gasteiger partial charge in [-0.15, -0.1) is 0 Å². The average molecular weight is 412 g/mol. The minimum atomic E-state index is 0.0227. The molecular weight excluding hydrogens is 393 g/mol. The second-order valence-corrected chi connectivity index (χ2v) is 7.62. The molecule has 0 radical (unpaired) electrons. The highest BCUT2D eigenvalue weighted by atomic mass is 35.5. The SMILES string of the molecule is O=C(c1cccc(OCc2ccc(Cl)c(Cl)c2)c1)N1CCc2ccccc2C1. The number of carbonyl (C=O) groups is 1. The molecule has 1 heterocycles. The predicted molar refractivity (Wildman–Crippen MR) is 112 cm³/mol. The van der Waals surface area contributed by atoms with Gasteiger partial charge >= 0.3 is 0 Å². The number of hydrogen-bond donors (Lipinski definition) is 0. The van der Waals surface area contributed by atoms with Crippen molar-refractivity contribution >= 4 is 29.1 Å². The Bertz CT molecular complexity index is 1020. The summed E-state index contributed by atoms with van der Waals surface area (Å²) in [5.74, 6) is 0.670. The third kappa shape index (κ3) is 4.16. The summed E-state index contributed by atoms with van der Waals surface area (Å²) in [6, 6.07) is 21.0. The van der Waals surface area contributed by atoms with Gasteiger partial charge in [-0.1, -0.05) is 59.6 Å². The molecule has 0 saturated heterocycles.